The molecule has 4 N–H and O–H groups in total. The molecule has 0 heterocycles. The van der Waals surface area contributed by atoms with Gasteiger partial charge >= 0.3 is 5.97 Å². The molecule has 2 rings (SSSR count). The SMILES string of the molecule is Cc1cc(F)ccc1Nc1ccc(N)cc1C(=O)O. The minimum absolute atomic E-state index is 0.0729. The zero-order valence-electron chi connectivity index (χ0n) is 10.3. The zero-order chi connectivity index (χ0) is 14.0. The largest absolute Gasteiger partial charge is 0.478 e. The number of halogens is 1. The quantitative estimate of drug-likeness (QED) is 0.741. The Morgan fingerprint density at radius 1 is 1.21 bits per heavy atom. The highest BCUT2D eigenvalue weighted by Gasteiger charge is 2.11. The summed E-state index contributed by atoms with van der Waals surface area (Å²) in [5.41, 5.74) is 7.76. The fourth-order valence-corrected chi connectivity index (χ4v) is 1.76. The van der Waals surface area contributed by atoms with Crippen LogP contribution in [0.4, 0.5) is 21.5 Å². The molecule has 0 aliphatic rings. The van der Waals surface area contributed by atoms with Crippen LogP contribution in [-0.4, -0.2) is 11.1 Å². The number of nitrogens with two attached hydrogens (primary N) is 1. The Kier molecular flexibility index (Phi) is 3.37. The van der Waals surface area contributed by atoms with Crippen LogP contribution >= 0.6 is 0 Å². The molecule has 0 unspecified atom stereocenters. The van der Waals surface area contributed by atoms with Gasteiger partial charge in [-0.2, -0.15) is 0 Å². The number of hydrogen-bond donors (Lipinski definition) is 3. The molecule has 0 atom stereocenters. The second kappa shape index (κ2) is 4.97. The van der Waals surface area contributed by atoms with Crippen molar-refractivity contribution in [3.8, 4) is 0 Å². The van der Waals surface area contributed by atoms with E-state index in [1.807, 2.05) is 0 Å². The van der Waals surface area contributed by atoms with Gasteiger partial charge in [0.25, 0.3) is 0 Å². The van der Waals surface area contributed by atoms with Crippen molar-refractivity contribution < 1.29 is 14.3 Å². The molecule has 0 aliphatic carbocycles. The number of hydrogen-bond acceptors (Lipinski definition) is 3. The Morgan fingerprint density at radius 2 is 1.89 bits per heavy atom. The number of anilines is 3. The Labute approximate surface area is 109 Å². The van der Waals surface area contributed by atoms with E-state index in [0.717, 1.165) is 0 Å². The van der Waals surface area contributed by atoms with E-state index in [2.05, 4.69) is 5.32 Å². The van der Waals surface area contributed by atoms with Crippen LogP contribution in [0.1, 0.15) is 15.9 Å². The summed E-state index contributed by atoms with van der Waals surface area (Å²) in [6, 6.07) is 8.82. The van der Waals surface area contributed by atoms with Gasteiger partial charge in [-0.3, -0.25) is 0 Å². The monoisotopic (exact) mass is 260 g/mol. The molecule has 19 heavy (non-hydrogen) atoms. The van der Waals surface area contributed by atoms with E-state index >= 15 is 0 Å². The molecule has 0 saturated heterocycles. The number of carbonyl (C=O) groups is 1. The van der Waals surface area contributed by atoms with Crippen LogP contribution < -0.4 is 11.1 Å². The average Bonchev–Trinajstić information content (AvgIpc) is 2.34. The van der Waals surface area contributed by atoms with Crippen molar-refractivity contribution in [2.24, 2.45) is 0 Å². The third kappa shape index (κ3) is 2.82. The normalized spacial score (nSPS) is 10.2. The number of benzene rings is 2. The third-order valence-electron chi connectivity index (χ3n) is 2.73. The maximum Gasteiger partial charge on any atom is 0.337 e. The van der Waals surface area contributed by atoms with Crippen LogP contribution in [0.3, 0.4) is 0 Å². The average molecular weight is 260 g/mol. The molecule has 4 nitrogen and oxygen atoms in total. The van der Waals surface area contributed by atoms with E-state index in [1.165, 1.54) is 18.2 Å². The summed E-state index contributed by atoms with van der Waals surface area (Å²) in [7, 11) is 0. The number of nitrogen functional groups attached to an aromatic ring is 1. The van der Waals surface area contributed by atoms with Crippen LogP contribution in [0, 0.1) is 12.7 Å². The van der Waals surface area contributed by atoms with Crippen LogP contribution in [0.5, 0.6) is 0 Å². The number of carboxylic acids is 1. The highest BCUT2D eigenvalue weighted by atomic mass is 19.1. The van der Waals surface area contributed by atoms with Gasteiger partial charge in [-0.25, -0.2) is 9.18 Å². The molecule has 0 fully saturated rings. The Balaban J connectivity index is 2.40. The van der Waals surface area contributed by atoms with Crippen molar-refractivity contribution in [1.82, 2.24) is 0 Å². The highest BCUT2D eigenvalue weighted by Crippen LogP contribution is 2.25. The first-order valence-corrected chi connectivity index (χ1v) is 5.63. The third-order valence-corrected chi connectivity index (χ3v) is 2.73. The van der Waals surface area contributed by atoms with Crippen molar-refractivity contribution in [3.05, 3.63) is 53.3 Å². The summed E-state index contributed by atoms with van der Waals surface area (Å²) >= 11 is 0. The Bertz CT molecular complexity index is 641. The van der Waals surface area contributed by atoms with Gasteiger partial charge in [-0.1, -0.05) is 0 Å². The lowest BCUT2D eigenvalue weighted by molar-refractivity contribution is 0.0698. The van der Waals surface area contributed by atoms with Gasteiger partial charge in [0.15, 0.2) is 0 Å². The maximum atomic E-state index is 13.0. The number of carboxylic acid groups (broad SMARTS) is 1. The van der Waals surface area contributed by atoms with Crippen molar-refractivity contribution >= 4 is 23.0 Å². The predicted molar refractivity (Wildman–Crippen MR) is 72.2 cm³/mol. The highest BCUT2D eigenvalue weighted by molar-refractivity contribution is 5.96. The zero-order valence-corrected chi connectivity index (χ0v) is 10.3. The molecule has 0 aliphatic heterocycles. The van der Waals surface area contributed by atoms with Gasteiger partial charge in [0.1, 0.15) is 5.82 Å². The second-order valence-electron chi connectivity index (χ2n) is 4.19. The molecule has 5 heteroatoms. The first-order valence-electron chi connectivity index (χ1n) is 5.63. The molecule has 0 radical (unpaired) electrons. The predicted octanol–water partition coefficient (Wildman–Crippen LogP) is 3.16. The van der Waals surface area contributed by atoms with Crippen molar-refractivity contribution in [3.63, 3.8) is 0 Å². The van der Waals surface area contributed by atoms with E-state index in [0.29, 0.717) is 22.6 Å². The van der Waals surface area contributed by atoms with Crippen LogP contribution in [0.2, 0.25) is 0 Å². The molecule has 0 spiro atoms. The van der Waals surface area contributed by atoms with E-state index in [1.54, 1.807) is 25.1 Å². The minimum atomic E-state index is -1.07. The van der Waals surface area contributed by atoms with Gasteiger partial charge in [-0.05, 0) is 48.9 Å². The molecular formula is C14H13FN2O2. The molecule has 98 valence electrons. The Hall–Kier alpha value is -2.56. The number of rotatable bonds is 3. The lowest BCUT2D eigenvalue weighted by Gasteiger charge is -2.12. The van der Waals surface area contributed by atoms with E-state index < -0.39 is 5.97 Å². The van der Waals surface area contributed by atoms with Gasteiger partial charge in [-0.15, -0.1) is 0 Å². The fraction of sp³-hybridized carbons (Fsp3) is 0.0714. The van der Waals surface area contributed by atoms with E-state index in [4.69, 9.17) is 10.8 Å². The smallest absolute Gasteiger partial charge is 0.337 e. The summed E-state index contributed by atoms with van der Waals surface area (Å²) in [4.78, 5) is 11.1. The lowest BCUT2D eigenvalue weighted by Crippen LogP contribution is -2.04. The van der Waals surface area contributed by atoms with Crippen LogP contribution in [0.25, 0.3) is 0 Å². The maximum absolute atomic E-state index is 13.0. The van der Waals surface area contributed by atoms with Crippen molar-refractivity contribution in [2.75, 3.05) is 11.1 Å². The topological polar surface area (TPSA) is 75.3 Å². The van der Waals surface area contributed by atoms with Crippen LogP contribution in [0.15, 0.2) is 36.4 Å². The molecule has 2 aromatic carbocycles. The molecular weight excluding hydrogens is 247 g/mol. The first kappa shape index (κ1) is 12.9. The molecule has 0 aromatic heterocycles. The number of aromatic carboxylic acids is 1. The Morgan fingerprint density at radius 3 is 2.53 bits per heavy atom. The summed E-state index contributed by atoms with van der Waals surface area (Å²) in [5.74, 6) is -1.41. The first-order chi connectivity index (χ1) is 8.97. The fourth-order valence-electron chi connectivity index (χ4n) is 1.76. The summed E-state index contributed by atoms with van der Waals surface area (Å²) in [5, 5.41) is 12.1. The summed E-state index contributed by atoms with van der Waals surface area (Å²) in [6.07, 6.45) is 0. The number of nitrogens with one attached hydrogen (secondary N) is 1. The number of aryl methyl sites for hydroxylation is 1. The summed E-state index contributed by atoms with van der Waals surface area (Å²) < 4.78 is 13.0. The van der Waals surface area contributed by atoms with E-state index in [9.17, 15) is 9.18 Å². The van der Waals surface area contributed by atoms with Gasteiger partial charge in [0.2, 0.25) is 0 Å². The molecule has 0 bridgehead atoms. The lowest BCUT2D eigenvalue weighted by atomic mass is 10.1. The van der Waals surface area contributed by atoms with Crippen molar-refractivity contribution in [1.29, 1.82) is 0 Å². The van der Waals surface area contributed by atoms with Crippen molar-refractivity contribution in [2.45, 2.75) is 6.92 Å². The van der Waals surface area contributed by atoms with E-state index in [-0.39, 0.29) is 11.4 Å². The van der Waals surface area contributed by atoms with Gasteiger partial charge in [0, 0.05) is 11.4 Å². The second-order valence-corrected chi connectivity index (χ2v) is 4.19. The summed E-state index contributed by atoms with van der Waals surface area (Å²) in [6.45, 7) is 1.74. The molecule has 2 aromatic rings. The molecule has 0 saturated carbocycles. The van der Waals surface area contributed by atoms with Crippen LogP contribution in [-0.2, 0) is 0 Å². The van der Waals surface area contributed by atoms with Gasteiger partial charge in [0.05, 0.1) is 11.3 Å². The van der Waals surface area contributed by atoms with Gasteiger partial charge < -0.3 is 16.2 Å². The molecule has 0 amide bonds. The minimum Gasteiger partial charge on any atom is -0.478 e. The standard InChI is InChI=1S/C14H13FN2O2/c1-8-6-9(15)2-4-12(8)17-13-5-3-10(16)7-11(13)14(18)19/h2-7,17H,16H2,1H3,(H,18,19).